The third-order valence-corrected chi connectivity index (χ3v) is 5.41. The van der Waals surface area contributed by atoms with Gasteiger partial charge in [-0.2, -0.15) is 5.10 Å². The van der Waals surface area contributed by atoms with Crippen molar-refractivity contribution >= 4 is 0 Å². The summed E-state index contributed by atoms with van der Waals surface area (Å²) >= 11 is 0. The highest BCUT2D eigenvalue weighted by molar-refractivity contribution is 5.62. The molecule has 1 aliphatic rings. The second-order valence-electron chi connectivity index (χ2n) is 7.20. The molecule has 0 saturated carbocycles. The Bertz CT molecular complexity index is 1040. The Morgan fingerprint density at radius 2 is 1.96 bits per heavy atom. The molecule has 0 bridgehead atoms. The Balaban J connectivity index is 1.88. The zero-order chi connectivity index (χ0) is 19.2. The van der Waals surface area contributed by atoms with E-state index in [9.17, 15) is 13.6 Å². The van der Waals surface area contributed by atoms with Crippen LogP contribution in [0.4, 0.5) is 8.78 Å². The van der Waals surface area contributed by atoms with Crippen molar-refractivity contribution in [3.8, 4) is 11.3 Å². The maximum absolute atomic E-state index is 14.2. The van der Waals surface area contributed by atoms with Gasteiger partial charge in [-0.25, -0.2) is 8.78 Å². The minimum absolute atomic E-state index is 0.167. The molecule has 0 aliphatic heterocycles. The van der Waals surface area contributed by atoms with Crippen molar-refractivity contribution in [3.05, 3.63) is 75.6 Å². The van der Waals surface area contributed by atoms with Crippen molar-refractivity contribution in [2.45, 2.75) is 38.0 Å². The van der Waals surface area contributed by atoms with Crippen molar-refractivity contribution in [1.82, 2.24) is 20.2 Å². The average molecular weight is 368 g/mol. The fourth-order valence-electron chi connectivity index (χ4n) is 3.75. The summed E-state index contributed by atoms with van der Waals surface area (Å²) in [4.78, 5) is 18.3. The molecular formula is C20H18F2N4O. The fourth-order valence-corrected chi connectivity index (χ4v) is 3.75. The third kappa shape index (κ3) is 2.83. The van der Waals surface area contributed by atoms with E-state index < -0.39 is 17.0 Å². The predicted octanol–water partition coefficient (Wildman–Crippen LogP) is 3.71. The van der Waals surface area contributed by atoms with Crippen LogP contribution in [0.15, 0.2) is 41.5 Å². The van der Waals surface area contributed by atoms with Crippen LogP contribution in [0.2, 0.25) is 0 Å². The number of hydrogen-bond donors (Lipinski definition) is 1. The van der Waals surface area contributed by atoms with Crippen molar-refractivity contribution in [3.63, 3.8) is 0 Å². The van der Waals surface area contributed by atoms with Gasteiger partial charge in [0.2, 0.25) is 0 Å². The van der Waals surface area contributed by atoms with Crippen LogP contribution in [0, 0.1) is 11.6 Å². The molecule has 0 saturated heterocycles. The van der Waals surface area contributed by atoms with Crippen LogP contribution in [0.25, 0.3) is 11.3 Å². The van der Waals surface area contributed by atoms with Crippen molar-refractivity contribution in [2.24, 2.45) is 0 Å². The van der Waals surface area contributed by atoms with E-state index in [1.54, 1.807) is 12.3 Å². The molecule has 2 aromatic heterocycles. The van der Waals surface area contributed by atoms with E-state index in [4.69, 9.17) is 0 Å². The highest BCUT2D eigenvalue weighted by Gasteiger charge is 2.40. The van der Waals surface area contributed by atoms with Crippen LogP contribution in [0.1, 0.15) is 49.6 Å². The van der Waals surface area contributed by atoms with E-state index in [2.05, 4.69) is 27.1 Å². The summed E-state index contributed by atoms with van der Waals surface area (Å²) in [7, 11) is 0. The number of aromatic amines is 1. The van der Waals surface area contributed by atoms with Gasteiger partial charge in [0, 0.05) is 6.20 Å². The molecule has 0 amide bonds. The van der Waals surface area contributed by atoms with Gasteiger partial charge in [-0.1, -0.05) is 13.0 Å². The van der Waals surface area contributed by atoms with Crippen molar-refractivity contribution < 1.29 is 8.78 Å². The van der Waals surface area contributed by atoms with Gasteiger partial charge in [0.15, 0.2) is 0 Å². The summed E-state index contributed by atoms with van der Waals surface area (Å²) in [5, 5.41) is 8.49. The maximum Gasteiger partial charge on any atom is 0.266 e. The molecule has 1 aliphatic carbocycles. The molecule has 4 rings (SSSR count). The monoisotopic (exact) mass is 368 g/mol. The summed E-state index contributed by atoms with van der Waals surface area (Å²) < 4.78 is 28.3. The minimum Gasteiger partial charge on any atom is -0.326 e. The molecule has 0 unspecified atom stereocenters. The number of H-pyrrole nitrogens is 1. The summed E-state index contributed by atoms with van der Waals surface area (Å²) in [6.07, 6.45) is 4.47. The molecule has 7 heteroatoms. The number of rotatable bonds is 2. The lowest BCUT2D eigenvalue weighted by molar-refractivity contribution is 0.403. The van der Waals surface area contributed by atoms with E-state index in [0.717, 1.165) is 24.1 Å². The normalized spacial score (nSPS) is 21.7. The van der Waals surface area contributed by atoms with Crippen LogP contribution in [-0.2, 0) is 5.41 Å². The highest BCUT2D eigenvalue weighted by atomic mass is 19.1. The number of hydrogen-bond acceptors (Lipinski definition) is 4. The first-order valence-electron chi connectivity index (χ1n) is 8.78. The number of nitrogens with zero attached hydrogens (tertiary/aromatic N) is 3. The average Bonchev–Trinajstić information content (AvgIpc) is 2.65. The molecule has 27 heavy (non-hydrogen) atoms. The van der Waals surface area contributed by atoms with Crippen molar-refractivity contribution in [2.75, 3.05) is 0 Å². The Labute approximate surface area is 154 Å². The van der Waals surface area contributed by atoms with E-state index in [0.29, 0.717) is 5.69 Å². The first kappa shape index (κ1) is 17.5. The molecule has 1 aromatic carbocycles. The number of halogens is 2. The molecule has 0 spiro atoms. The maximum atomic E-state index is 14.2. The van der Waals surface area contributed by atoms with Gasteiger partial charge in [0.25, 0.3) is 5.56 Å². The number of nitrogens with one attached hydrogen (secondary N) is 1. The fraction of sp³-hybridized carbons (Fsp3) is 0.300. The first-order valence-corrected chi connectivity index (χ1v) is 8.78. The largest absolute Gasteiger partial charge is 0.326 e. The van der Waals surface area contributed by atoms with Crippen molar-refractivity contribution in [1.29, 1.82) is 0 Å². The van der Waals surface area contributed by atoms with E-state index in [1.165, 1.54) is 24.4 Å². The molecule has 5 nitrogen and oxygen atoms in total. The highest BCUT2D eigenvalue weighted by Crippen LogP contribution is 2.45. The Kier molecular flexibility index (Phi) is 4.09. The van der Waals surface area contributed by atoms with Gasteiger partial charge in [-0.15, -0.1) is 5.10 Å². The zero-order valence-electron chi connectivity index (χ0n) is 15.0. The van der Waals surface area contributed by atoms with E-state index in [-0.39, 0.29) is 22.7 Å². The standard InChI is InChI=1S/C20H18F2N4O/c1-11-6-7-20(2,16-9-24-17(27)10-23-16)19-12(11)8-15(25-26-19)18-13(21)4-3-5-14(18)22/h3-5,8-11H,6-7H2,1-2H3,(H,24,27)/t11-,20+/m0/s1. The van der Waals surface area contributed by atoms with Gasteiger partial charge < -0.3 is 4.98 Å². The molecular weight excluding hydrogens is 350 g/mol. The molecule has 2 atom stereocenters. The quantitative estimate of drug-likeness (QED) is 0.749. The van der Waals surface area contributed by atoms with Gasteiger partial charge in [0.1, 0.15) is 11.6 Å². The third-order valence-electron chi connectivity index (χ3n) is 5.41. The summed E-state index contributed by atoms with van der Waals surface area (Å²) in [5.74, 6) is -1.17. The number of fused-ring (bicyclic) bond motifs is 1. The molecule has 0 fully saturated rings. The SMILES string of the molecule is C[C@H]1CC[C@](C)(c2c[nH]c(=O)cn2)c2nnc(-c3c(F)cccc3F)cc21. The molecule has 3 aromatic rings. The molecule has 0 radical (unpaired) electrons. The van der Waals surface area contributed by atoms with Gasteiger partial charge in [0.05, 0.1) is 34.3 Å². The topological polar surface area (TPSA) is 71.5 Å². The van der Waals surface area contributed by atoms with Crippen LogP contribution in [0.3, 0.4) is 0 Å². The number of benzene rings is 1. The lowest BCUT2D eigenvalue weighted by Crippen LogP contribution is -2.33. The molecule has 1 N–H and O–H groups in total. The number of aromatic nitrogens is 4. The predicted molar refractivity (Wildman–Crippen MR) is 96.3 cm³/mol. The lowest BCUT2D eigenvalue weighted by atomic mass is 9.69. The van der Waals surface area contributed by atoms with Gasteiger partial charge in [-0.05, 0) is 49.4 Å². The van der Waals surface area contributed by atoms with E-state index >= 15 is 0 Å². The molecule has 2 heterocycles. The van der Waals surface area contributed by atoms with Gasteiger partial charge in [-0.3, -0.25) is 9.78 Å². The first-order chi connectivity index (χ1) is 12.9. The van der Waals surface area contributed by atoms with E-state index in [1.807, 2.05) is 6.92 Å². The second kappa shape index (κ2) is 6.33. The summed E-state index contributed by atoms with van der Waals surface area (Å²) in [5.41, 5.74) is 1.50. The smallest absolute Gasteiger partial charge is 0.266 e. The summed E-state index contributed by atoms with van der Waals surface area (Å²) in [6.45, 7) is 4.05. The zero-order valence-corrected chi connectivity index (χ0v) is 15.0. The van der Waals surface area contributed by atoms with Gasteiger partial charge >= 0.3 is 0 Å². The van der Waals surface area contributed by atoms with Crippen LogP contribution in [-0.4, -0.2) is 20.2 Å². The van der Waals surface area contributed by atoms with Crippen LogP contribution in [0.5, 0.6) is 0 Å². The lowest BCUT2D eigenvalue weighted by Gasteiger charge is -2.36. The minimum atomic E-state index is -0.669. The Morgan fingerprint density at radius 1 is 1.22 bits per heavy atom. The summed E-state index contributed by atoms with van der Waals surface area (Å²) in [6, 6.07) is 5.45. The van der Waals surface area contributed by atoms with Crippen LogP contribution < -0.4 is 5.56 Å². The Hall–Kier alpha value is -2.96. The molecule has 138 valence electrons. The Morgan fingerprint density at radius 3 is 2.63 bits per heavy atom. The van der Waals surface area contributed by atoms with Crippen LogP contribution >= 0.6 is 0 Å². The second-order valence-corrected chi connectivity index (χ2v) is 7.20.